The minimum Gasteiger partial charge on any atom is -0.379 e. The van der Waals surface area contributed by atoms with Gasteiger partial charge in [0.2, 0.25) is 0 Å². The lowest BCUT2D eigenvalue weighted by molar-refractivity contribution is 0.156. The fourth-order valence-corrected chi connectivity index (χ4v) is 3.45. The van der Waals surface area contributed by atoms with Gasteiger partial charge in [0.15, 0.2) is 0 Å². The van der Waals surface area contributed by atoms with Crippen molar-refractivity contribution in [2.45, 2.75) is 17.9 Å². The SMILES string of the molecule is C=C/C=C/CC(c1ccccc1)(c1ccccc1)C(O)C#Cc1ccccc1. The Labute approximate surface area is 167 Å². The van der Waals surface area contributed by atoms with Gasteiger partial charge in [-0.25, -0.2) is 0 Å². The first-order chi connectivity index (χ1) is 13.8. The molecule has 28 heavy (non-hydrogen) atoms. The summed E-state index contributed by atoms with van der Waals surface area (Å²) in [6, 6.07) is 30.0. The molecule has 1 nitrogen and oxygen atoms in total. The van der Waals surface area contributed by atoms with Crippen molar-refractivity contribution in [1.82, 2.24) is 0 Å². The molecule has 3 aromatic rings. The minimum atomic E-state index is -0.882. The molecule has 0 saturated carbocycles. The molecule has 0 spiro atoms. The van der Waals surface area contributed by atoms with Crippen molar-refractivity contribution in [2.75, 3.05) is 0 Å². The van der Waals surface area contributed by atoms with Crippen molar-refractivity contribution >= 4 is 0 Å². The quantitative estimate of drug-likeness (QED) is 0.451. The predicted molar refractivity (Wildman–Crippen MR) is 117 cm³/mol. The number of rotatable bonds is 6. The van der Waals surface area contributed by atoms with Crippen LogP contribution < -0.4 is 0 Å². The van der Waals surface area contributed by atoms with Crippen molar-refractivity contribution in [3.05, 3.63) is 132 Å². The summed E-state index contributed by atoms with van der Waals surface area (Å²) in [6.07, 6.45) is 5.44. The molecule has 0 amide bonds. The maximum absolute atomic E-state index is 11.4. The van der Waals surface area contributed by atoms with Crippen LogP contribution >= 0.6 is 0 Å². The Bertz CT molecular complexity index is 921. The molecular weight excluding hydrogens is 340 g/mol. The first-order valence-electron chi connectivity index (χ1n) is 9.40. The maximum atomic E-state index is 11.4. The van der Waals surface area contributed by atoms with Crippen molar-refractivity contribution in [3.63, 3.8) is 0 Å². The van der Waals surface area contributed by atoms with E-state index < -0.39 is 11.5 Å². The van der Waals surface area contributed by atoms with E-state index in [9.17, 15) is 5.11 Å². The first-order valence-corrected chi connectivity index (χ1v) is 9.40. The van der Waals surface area contributed by atoms with Gasteiger partial charge >= 0.3 is 0 Å². The number of aliphatic hydroxyl groups excluding tert-OH is 1. The van der Waals surface area contributed by atoms with Crippen molar-refractivity contribution in [3.8, 4) is 11.8 Å². The summed E-state index contributed by atoms with van der Waals surface area (Å²) >= 11 is 0. The van der Waals surface area contributed by atoms with Gasteiger partial charge in [-0.15, -0.1) is 0 Å². The average Bonchev–Trinajstić information content (AvgIpc) is 2.77. The van der Waals surface area contributed by atoms with Gasteiger partial charge in [0.25, 0.3) is 0 Å². The average molecular weight is 364 g/mol. The van der Waals surface area contributed by atoms with E-state index in [0.717, 1.165) is 16.7 Å². The number of hydrogen-bond acceptors (Lipinski definition) is 1. The lowest BCUT2D eigenvalue weighted by Gasteiger charge is -2.36. The summed E-state index contributed by atoms with van der Waals surface area (Å²) in [7, 11) is 0. The highest BCUT2D eigenvalue weighted by atomic mass is 16.3. The summed E-state index contributed by atoms with van der Waals surface area (Å²) < 4.78 is 0. The molecule has 138 valence electrons. The standard InChI is InChI=1S/C27H24O/c1-2-3-13-22-27(24-16-9-5-10-17-24,25-18-11-6-12-19-25)26(28)21-20-23-14-7-4-8-15-23/h2-19,26,28H,1,22H2/b13-3+. The van der Waals surface area contributed by atoms with Gasteiger partial charge in [-0.3, -0.25) is 0 Å². The molecule has 0 radical (unpaired) electrons. The van der Waals surface area contributed by atoms with E-state index in [-0.39, 0.29) is 0 Å². The van der Waals surface area contributed by atoms with Gasteiger partial charge in [-0.05, 0) is 29.7 Å². The zero-order valence-electron chi connectivity index (χ0n) is 15.8. The summed E-state index contributed by atoms with van der Waals surface area (Å²) in [6.45, 7) is 3.77. The van der Waals surface area contributed by atoms with E-state index in [1.54, 1.807) is 6.08 Å². The van der Waals surface area contributed by atoms with Crippen molar-refractivity contribution in [2.24, 2.45) is 0 Å². The molecule has 1 heteroatoms. The molecular formula is C27H24O. The maximum Gasteiger partial charge on any atom is 0.129 e. The van der Waals surface area contributed by atoms with Gasteiger partial charge in [0.1, 0.15) is 6.10 Å². The van der Waals surface area contributed by atoms with E-state index in [1.165, 1.54) is 0 Å². The van der Waals surface area contributed by atoms with Crippen LogP contribution in [-0.2, 0) is 5.41 Å². The third kappa shape index (κ3) is 4.31. The molecule has 0 aromatic heterocycles. The molecule has 1 atom stereocenters. The van der Waals surface area contributed by atoms with Gasteiger partial charge in [0, 0.05) is 5.56 Å². The van der Waals surface area contributed by atoms with Crippen LogP contribution in [0.1, 0.15) is 23.1 Å². The third-order valence-electron chi connectivity index (χ3n) is 4.88. The van der Waals surface area contributed by atoms with E-state index in [2.05, 4.69) is 42.7 Å². The van der Waals surface area contributed by atoms with Crippen LogP contribution in [0.3, 0.4) is 0 Å². The molecule has 0 bridgehead atoms. The molecule has 1 unspecified atom stereocenters. The first kappa shape index (κ1) is 19.4. The molecule has 0 heterocycles. The number of hydrogen-bond donors (Lipinski definition) is 1. The second kappa shape index (κ2) is 9.55. The summed E-state index contributed by atoms with van der Waals surface area (Å²) in [5.74, 6) is 6.24. The van der Waals surface area contributed by atoms with E-state index >= 15 is 0 Å². The van der Waals surface area contributed by atoms with Crippen LogP contribution in [0.2, 0.25) is 0 Å². The van der Waals surface area contributed by atoms with Crippen LogP contribution in [-0.4, -0.2) is 11.2 Å². The number of benzene rings is 3. The van der Waals surface area contributed by atoms with Crippen molar-refractivity contribution < 1.29 is 5.11 Å². The van der Waals surface area contributed by atoms with Gasteiger partial charge in [-0.2, -0.15) is 0 Å². The third-order valence-corrected chi connectivity index (χ3v) is 4.88. The second-order valence-electron chi connectivity index (χ2n) is 6.61. The Morgan fingerprint density at radius 3 is 1.82 bits per heavy atom. The van der Waals surface area contributed by atoms with Crippen LogP contribution in [0.25, 0.3) is 0 Å². The molecule has 0 saturated heterocycles. The summed E-state index contributed by atoms with van der Waals surface area (Å²) in [4.78, 5) is 0. The highest BCUT2D eigenvalue weighted by molar-refractivity contribution is 5.46. The lowest BCUT2D eigenvalue weighted by Crippen LogP contribution is -2.39. The van der Waals surface area contributed by atoms with Crippen LogP contribution in [0.5, 0.6) is 0 Å². The fraction of sp³-hybridized carbons (Fsp3) is 0.111. The Kier molecular flexibility index (Phi) is 6.63. The Morgan fingerprint density at radius 2 is 1.32 bits per heavy atom. The van der Waals surface area contributed by atoms with Gasteiger partial charge in [-0.1, -0.05) is 116 Å². The molecule has 3 aromatic carbocycles. The van der Waals surface area contributed by atoms with Crippen LogP contribution in [0.4, 0.5) is 0 Å². The topological polar surface area (TPSA) is 20.2 Å². The predicted octanol–water partition coefficient (Wildman–Crippen LogP) is 5.52. The van der Waals surface area contributed by atoms with E-state index in [1.807, 2.05) is 78.9 Å². The van der Waals surface area contributed by atoms with Crippen LogP contribution in [0, 0.1) is 11.8 Å². The minimum absolute atomic E-state index is 0.609. The number of aliphatic hydroxyl groups is 1. The molecule has 0 fully saturated rings. The Hall–Kier alpha value is -3.34. The molecule has 0 aliphatic heterocycles. The summed E-state index contributed by atoms with van der Waals surface area (Å²) in [5.41, 5.74) is 2.27. The van der Waals surface area contributed by atoms with Crippen LogP contribution in [0.15, 0.2) is 116 Å². The zero-order valence-corrected chi connectivity index (χ0v) is 15.8. The van der Waals surface area contributed by atoms with Crippen molar-refractivity contribution in [1.29, 1.82) is 0 Å². The largest absolute Gasteiger partial charge is 0.379 e. The fourth-order valence-electron chi connectivity index (χ4n) is 3.45. The molecule has 0 aliphatic carbocycles. The molecule has 0 aliphatic rings. The van der Waals surface area contributed by atoms with E-state index in [0.29, 0.717) is 6.42 Å². The van der Waals surface area contributed by atoms with Gasteiger partial charge in [0.05, 0.1) is 5.41 Å². The zero-order chi connectivity index (χ0) is 19.7. The normalized spacial score (nSPS) is 12.2. The monoisotopic (exact) mass is 364 g/mol. The number of allylic oxidation sites excluding steroid dienone is 3. The summed E-state index contributed by atoms with van der Waals surface area (Å²) in [5, 5.41) is 11.4. The smallest absolute Gasteiger partial charge is 0.129 e. The van der Waals surface area contributed by atoms with E-state index in [4.69, 9.17) is 0 Å². The Morgan fingerprint density at radius 1 is 0.821 bits per heavy atom. The highest BCUT2D eigenvalue weighted by Gasteiger charge is 2.39. The molecule has 1 N–H and O–H groups in total. The lowest BCUT2D eigenvalue weighted by atomic mass is 9.68. The second-order valence-corrected chi connectivity index (χ2v) is 6.61. The van der Waals surface area contributed by atoms with Gasteiger partial charge < -0.3 is 5.11 Å². The highest BCUT2D eigenvalue weighted by Crippen LogP contribution is 2.39. The Balaban J connectivity index is 2.15. The molecule has 3 rings (SSSR count).